The van der Waals surface area contributed by atoms with Gasteiger partial charge in [0.1, 0.15) is 5.82 Å². The van der Waals surface area contributed by atoms with Gasteiger partial charge in [0.25, 0.3) is 0 Å². The van der Waals surface area contributed by atoms with E-state index in [1.165, 1.54) is 16.6 Å². The lowest BCUT2D eigenvalue weighted by molar-refractivity contribution is 0.916. The zero-order valence-electron chi connectivity index (χ0n) is 10.2. The molecule has 0 aliphatic rings. The lowest BCUT2D eigenvalue weighted by Crippen LogP contribution is -1.91. The van der Waals surface area contributed by atoms with E-state index >= 15 is 0 Å². The molecule has 1 aromatic carbocycles. The number of rotatable bonds is 1. The normalized spacial score (nSPS) is 11.3. The maximum Gasteiger partial charge on any atom is 0.145 e. The van der Waals surface area contributed by atoms with E-state index in [0.29, 0.717) is 5.82 Å². The van der Waals surface area contributed by atoms with Gasteiger partial charge in [0.2, 0.25) is 0 Å². The van der Waals surface area contributed by atoms with E-state index in [9.17, 15) is 0 Å². The van der Waals surface area contributed by atoms with Gasteiger partial charge in [-0.15, -0.1) is 0 Å². The number of para-hydroxylation sites is 1. The van der Waals surface area contributed by atoms with E-state index in [1.54, 1.807) is 0 Å². The summed E-state index contributed by atoms with van der Waals surface area (Å²) in [6.45, 7) is 2.10. The molecule has 0 aliphatic carbocycles. The van der Waals surface area contributed by atoms with Gasteiger partial charge in [0.05, 0.1) is 11.2 Å². The molecule has 0 unspecified atom stereocenters. The van der Waals surface area contributed by atoms with Gasteiger partial charge in [-0.05, 0) is 28.9 Å². The maximum absolute atomic E-state index is 5.69. The molecular weight excluding hydrogens is 292 g/mol. The Bertz CT molecular complexity index is 739. The molecule has 18 heavy (non-hydrogen) atoms. The number of anilines is 1. The van der Waals surface area contributed by atoms with E-state index in [4.69, 9.17) is 5.73 Å². The molecule has 0 saturated heterocycles. The molecule has 92 valence electrons. The molecule has 0 atom stereocenters. The first-order valence-corrected chi connectivity index (χ1v) is 6.43. The van der Waals surface area contributed by atoms with Gasteiger partial charge in [0.15, 0.2) is 0 Å². The molecule has 0 fully saturated rings. The summed E-state index contributed by atoms with van der Waals surface area (Å²) in [4.78, 5) is 0. The molecule has 3 rings (SSSR count). The minimum absolute atomic E-state index is 0.511. The number of hydrogen-bond acceptors (Lipinski definition) is 2. The quantitative estimate of drug-likeness (QED) is 0.725. The zero-order valence-corrected chi connectivity index (χ0v) is 11.7. The summed E-state index contributed by atoms with van der Waals surface area (Å²) in [5, 5.41) is 8.18. The third-order valence-electron chi connectivity index (χ3n) is 3.32. The van der Waals surface area contributed by atoms with E-state index in [-0.39, 0.29) is 0 Å². The van der Waals surface area contributed by atoms with Crippen LogP contribution in [0.15, 0.2) is 28.7 Å². The number of aromatic nitrogens is 3. The van der Waals surface area contributed by atoms with E-state index in [0.717, 1.165) is 15.7 Å². The third kappa shape index (κ3) is 1.47. The van der Waals surface area contributed by atoms with Crippen molar-refractivity contribution in [3.8, 4) is 11.3 Å². The second-order valence-corrected chi connectivity index (χ2v) is 5.22. The van der Waals surface area contributed by atoms with E-state index < -0.39 is 0 Å². The Morgan fingerprint density at radius 1 is 1.39 bits per heavy atom. The number of aromatic amines is 1. The van der Waals surface area contributed by atoms with E-state index in [2.05, 4.69) is 50.7 Å². The summed E-state index contributed by atoms with van der Waals surface area (Å²) in [7, 11) is 2.06. The van der Waals surface area contributed by atoms with Crippen LogP contribution in [0.1, 0.15) is 5.69 Å². The van der Waals surface area contributed by atoms with Crippen LogP contribution in [0.25, 0.3) is 22.2 Å². The number of aryl methyl sites for hydroxylation is 1. The highest BCUT2D eigenvalue weighted by Crippen LogP contribution is 2.36. The summed E-state index contributed by atoms with van der Waals surface area (Å²) in [6, 6.07) is 8.06. The van der Waals surface area contributed by atoms with Crippen LogP contribution in [0.2, 0.25) is 0 Å². The molecule has 2 heterocycles. The lowest BCUT2D eigenvalue weighted by Gasteiger charge is -2.00. The minimum Gasteiger partial charge on any atom is -0.382 e. The maximum atomic E-state index is 5.69. The predicted octanol–water partition coefficient (Wildman–Crippen LogP) is 3.22. The van der Waals surface area contributed by atoms with Crippen molar-refractivity contribution < 1.29 is 0 Å². The number of nitrogens with two attached hydrogens (primary N) is 1. The van der Waals surface area contributed by atoms with Crippen molar-refractivity contribution in [2.75, 3.05) is 5.73 Å². The molecule has 0 amide bonds. The second kappa shape index (κ2) is 3.88. The van der Waals surface area contributed by atoms with Crippen LogP contribution in [0, 0.1) is 6.92 Å². The van der Waals surface area contributed by atoms with Crippen molar-refractivity contribution in [2.24, 2.45) is 7.05 Å². The summed E-state index contributed by atoms with van der Waals surface area (Å²) in [6.07, 6.45) is 0. The Labute approximate surface area is 113 Å². The summed E-state index contributed by atoms with van der Waals surface area (Å²) in [5.41, 5.74) is 10.2. The highest BCUT2D eigenvalue weighted by atomic mass is 79.9. The van der Waals surface area contributed by atoms with Crippen LogP contribution >= 0.6 is 15.9 Å². The standard InChI is InChI=1S/C13H13BrN4/c1-7-12(10-6-11(15)17-16-10)8-4-3-5-9(14)13(8)18(7)2/h3-6H,1-2H3,(H3,15,16,17). The van der Waals surface area contributed by atoms with Crippen LogP contribution in [0.4, 0.5) is 5.82 Å². The number of fused-ring (bicyclic) bond motifs is 1. The van der Waals surface area contributed by atoms with Crippen molar-refractivity contribution in [3.05, 3.63) is 34.4 Å². The average molecular weight is 305 g/mol. The number of nitrogens with zero attached hydrogens (tertiary/aromatic N) is 2. The Balaban J connectivity index is 2.43. The molecule has 5 heteroatoms. The average Bonchev–Trinajstić information content (AvgIpc) is 2.84. The number of benzene rings is 1. The highest BCUT2D eigenvalue weighted by molar-refractivity contribution is 9.10. The molecule has 0 bridgehead atoms. The smallest absolute Gasteiger partial charge is 0.145 e. The van der Waals surface area contributed by atoms with Crippen LogP contribution in [0.3, 0.4) is 0 Å². The van der Waals surface area contributed by atoms with Gasteiger partial charge >= 0.3 is 0 Å². The number of halogens is 1. The van der Waals surface area contributed by atoms with Crippen molar-refractivity contribution in [1.82, 2.24) is 14.8 Å². The zero-order chi connectivity index (χ0) is 12.9. The van der Waals surface area contributed by atoms with Crippen LogP contribution in [0.5, 0.6) is 0 Å². The molecule has 2 aromatic heterocycles. The number of nitrogen functional groups attached to an aromatic ring is 1. The van der Waals surface area contributed by atoms with Crippen molar-refractivity contribution in [3.63, 3.8) is 0 Å². The van der Waals surface area contributed by atoms with Crippen molar-refractivity contribution in [1.29, 1.82) is 0 Å². The van der Waals surface area contributed by atoms with Gasteiger partial charge in [-0.25, -0.2) is 0 Å². The minimum atomic E-state index is 0.511. The largest absolute Gasteiger partial charge is 0.382 e. The first-order chi connectivity index (χ1) is 8.59. The fraction of sp³-hybridized carbons (Fsp3) is 0.154. The Hall–Kier alpha value is -1.75. The number of H-pyrrole nitrogens is 1. The van der Waals surface area contributed by atoms with Crippen LogP contribution < -0.4 is 5.73 Å². The van der Waals surface area contributed by atoms with Crippen molar-refractivity contribution in [2.45, 2.75) is 6.92 Å². The number of hydrogen-bond donors (Lipinski definition) is 2. The second-order valence-electron chi connectivity index (χ2n) is 4.36. The molecule has 4 nitrogen and oxygen atoms in total. The van der Waals surface area contributed by atoms with E-state index in [1.807, 2.05) is 18.2 Å². The monoisotopic (exact) mass is 304 g/mol. The highest BCUT2D eigenvalue weighted by Gasteiger charge is 2.16. The predicted molar refractivity (Wildman–Crippen MR) is 77.4 cm³/mol. The summed E-state index contributed by atoms with van der Waals surface area (Å²) < 4.78 is 3.26. The molecular formula is C13H13BrN4. The Morgan fingerprint density at radius 3 is 2.83 bits per heavy atom. The Kier molecular flexibility index (Phi) is 2.45. The SMILES string of the molecule is Cc1c(-c2cc(N)n[nH]2)c2cccc(Br)c2n1C. The Morgan fingerprint density at radius 2 is 2.17 bits per heavy atom. The van der Waals surface area contributed by atoms with Gasteiger partial charge in [-0.1, -0.05) is 12.1 Å². The third-order valence-corrected chi connectivity index (χ3v) is 3.96. The molecule has 3 N–H and O–H groups in total. The fourth-order valence-electron chi connectivity index (χ4n) is 2.39. The van der Waals surface area contributed by atoms with Gasteiger partial charge in [0, 0.05) is 34.2 Å². The topological polar surface area (TPSA) is 59.6 Å². The first kappa shape index (κ1) is 11.3. The first-order valence-electron chi connectivity index (χ1n) is 5.64. The fourth-order valence-corrected chi connectivity index (χ4v) is 3.03. The van der Waals surface area contributed by atoms with Crippen LogP contribution in [-0.4, -0.2) is 14.8 Å². The van der Waals surface area contributed by atoms with Crippen molar-refractivity contribution >= 4 is 32.7 Å². The van der Waals surface area contributed by atoms with Gasteiger partial charge in [-0.2, -0.15) is 5.10 Å². The molecule has 3 aromatic rings. The molecule has 0 spiro atoms. The summed E-state index contributed by atoms with van der Waals surface area (Å²) >= 11 is 3.60. The number of nitrogens with one attached hydrogen (secondary N) is 1. The van der Waals surface area contributed by atoms with Gasteiger partial charge < -0.3 is 10.3 Å². The molecule has 0 radical (unpaired) electrons. The van der Waals surface area contributed by atoms with Crippen LogP contribution in [-0.2, 0) is 7.05 Å². The molecule has 0 aliphatic heterocycles. The van der Waals surface area contributed by atoms with Gasteiger partial charge in [-0.3, -0.25) is 5.10 Å². The lowest BCUT2D eigenvalue weighted by atomic mass is 10.1. The summed E-state index contributed by atoms with van der Waals surface area (Å²) in [5.74, 6) is 0.511. The molecule has 0 saturated carbocycles.